The van der Waals surface area contributed by atoms with Gasteiger partial charge in [0, 0.05) is 12.0 Å². The molecule has 0 radical (unpaired) electrons. The van der Waals surface area contributed by atoms with Gasteiger partial charge in [-0.15, -0.1) is 0 Å². The Labute approximate surface area is 89.2 Å². The van der Waals surface area contributed by atoms with Gasteiger partial charge < -0.3 is 9.47 Å². The lowest BCUT2D eigenvalue weighted by Crippen LogP contribution is -2.24. The summed E-state index contributed by atoms with van der Waals surface area (Å²) in [5.41, 5.74) is 0.976. The van der Waals surface area contributed by atoms with Crippen LogP contribution in [0.3, 0.4) is 0 Å². The van der Waals surface area contributed by atoms with Crippen LogP contribution in [-0.4, -0.2) is 12.2 Å². The Morgan fingerprint density at radius 2 is 2.33 bits per heavy atom. The molecule has 1 aliphatic heterocycles. The van der Waals surface area contributed by atoms with E-state index in [4.69, 9.17) is 14.7 Å². The molecule has 0 saturated carbocycles. The van der Waals surface area contributed by atoms with Gasteiger partial charge in [-0.2, -0.15) is 5.26 Å². The lowest BCUT2D eigenvalue weighted by atomic mass is 10.0. The predicted molar refractivity (Wildman–Crippen MR) is 56.0 cm³/mol. The molecule has 0 bridgehead atoms. The van der Waals surface area contributed by atoms with Gasteiger partial charge in [0.25, 0.3) is 0 Å². The highest BCUT2D eigenvalue weighted by molar-refractivity contribution is 5.50. The van der Waals surface area contributed by atoms with Crippen molar-refractivity contribution < 1.29 is 9.47 Å². The molecule has 0 spiro atoms. The second kappa shape index (κ2) is 3.47. The van der Waals surface area contributed by atoms with Gasteiger partial charge in [0.2, 0.25) is 0 Å². The van der Waals surface area contributed by atoms with E-state index >= 15 is 0 Å². The summed E-state index contributed by atoms with van der Waals surface area (Å²) >= 11 is 0. The normalized spacial score (nSPS) is 16.3. The van der Waals surface area contributed by atoms with Crippen molar-refractivity contribution in [2.45, 2.75) is 25.9 Å². The fourth-order valence-corrected chi connectivity index (χ4v) is 1.81. The summed E-state index contributed by atoms with van der Waals surface area (Å²) in [6, 6.07) is 7.74. The van der Waals surface area contributed by atoms with E-state index in [2.05, 4.69) is 0 Å². The molecule has 0 amide bonds. The molecule has 0 saturated heterocycles. The highest BCUT2D eigenvalue weighted by Crippen LogP contribution is 2.41. The monoisotopic (exact) mass is 203 g/mol. The van der Waals surface area contributed by atoms with Crippen LogP contribution in [0.15, 0.2) is 18.2 Å². The third kappa shape index (κ3) is 1.89. The van der Waals surface area contributed by atoms with Gasteiger partial charge in [0.1, 0.15) is 11.7 Å². The molecule has 15 heavy (non-hydrogen) atoms. The van der Waals surface area contributed by atoms with Crippen molar-refractivity contribution >= 4 is 0 Å². The molecule has 1 aliphatic rings. The maximum absolute atomic E-state index is 8.46. The number of hydrogen-bond donors (Lipinski definition) is 0. The van der Waals surface area contributed by atoms with Crippen LogP contribution in [0.2, 0.25) is 0 Å². The molecule has 2 rings (SSSR count). The van der Waals surface area contributed by atoms with E-state index in [1.54, 1.807) is 0 Å². The Hall–Kier alpha value is -1.69. The first-order valence-corrected chi connectivity index (χ1v) is 4.93. The summed E-state index contributed by atoms with van der Waals surface area (Å²) in [5, 5.41) is 8.46. The SMILES string of the molecule is CC1(C)Cc2cccc(OCC#N)c2O1. The molecular weight excluding hydrogens is 190 g/mol. The van der Waals surface area contributed by atoms with Crippen LogP contribution in [0.4, 0.5) is 0 Å². The van der Waals surface area contributed by atoms with Gasteiger partial charge in [0.15, 0.2) is 18.1 Å². The van der Waals surface area contributed by atoms with Crippen LogP contribution in [0, 0.1) is 11.3 Å². The molecule has 78 valence electrons. The second-order valence-corrected chi connectivity index (χ2v) is 4.23. The number of ether oxygens (including phenoxy) is 2. The second-order valence-electron chi connectivity index (χ2n) is 4.23. The Bertz CT molecular complexity index is 418. The van der Waals surface area contributed by atoms with Crippen molar-refractivity contribution in [2.75, 3.05) is 6.61 Å². The minimum Gasteiger partial charge on any atom is -0.483 e. The third-order valence-corrected chi connectivity index (χ3v) is 2.35. The van der Waals surface area contributed by atoms with E-state index in [0.717, 1.165) is 17.7 Å². The molecule has 0 aliphatic carbocycles. The molecule has 0 N–H and O–H groups in total. The zero-order chi connectivity index (χ0) is 10.9. The number of benzene rings is 1. The van der Waals surface area contributed by atoms with Crippen LogP contribution >= 0.6 is 0 Å². The van der Waals surface area contributed by atoms with E-state index in [9.17, 15) is 0 Å². The topological polar surface area (TPSA) is 42.2 Å². The van der Waals surface area contributed by atoms with E-state index in [0.29, 0.717) is 5.75 Å². The van der Waals surface area contributed by atoms with Gasteiger partial charge in [-0.3, -0.25) is 0 Å². The van der Waals surface area contributed by atoms with Crippen LogP contribution in [0.25, 0.3) is 0 Å². The number of hydrogen-bond acceptors (Lipinski definition) is 3. The number of nitriles is 1. The molecule has 0 fully saturated rings. The van der Waals surface area contributed by atoms with Crippen molar-refractivity contribution in [3.8, 4) is 17.6 Å². The van der Waals surface area contributed by atoms with Crippen molar-refractivity contribution in [3.63, 3.8) is 0 Å². The third-order valence-electron chi connectivity index (χ3n) is 2.35. The maximum atomic E-state index is 8.46. The minimum absolute atomic E-state index is 0.0558. The first-order valence-electron chi connectivity index (χ1n) is 4.93. The average Bonchev–Trinajstić information content (AvgIpc) is 2.49. The number of para-hydroxylation sites is 1. The quantitative estimate of drug-likeness (QED) is 0.740. The summed E-state index contributed by atoms with van der Waals surface area (Å²) in [7, 11) is 0. The van der Waals surface area contributed by atoms with Crippen LogP contribution in [0.5, 0.6) is 11.5 Å². The Balaban J connectivity index is 2.30. The average molecular weight is 203 g/mol. The summed E-state index contributed by atoms with van der Waals surface area (Å²) in [5.74, 6) is 1.46. The van der Waals surface area contributed by atoms with Crippen molar-refractivity contribution in [2.24, 2.45) is 0 Å². The highest BCUT2D eigenvalue weighted by Gasteiger charge is 2.32. The van der Waals surface area contributed by atoms with E-state index < -0.39 is 0 Å². The van der Waals surface area contributed by atoms with Crippen molar-refractivity contribution in [1.29, 1.82) is 5.26 Å². The Morgan fingerprint density at radius 1 is 1.53 bits per heavy atom. The molecular formula is C12H13NO2. The van der Waals surface area contributed by atoms with Crippen LogP contribution in [0.1, 0.15) is 19.4 Å². The van der Waals surface area contributed by atoms with E-state index in [1.807, 2.05) is 38.1 Å². The Kier molecular flexibility index (Phi) is 2.28. The van der Waals surface area contributed by atoms with E-state index in [-0.39, 0.29) is 12.2 Å². The molecule has 1 aromatic carbocycles. The first kappa shape index (κ1) is 9.85. The first-order chi connectivity index (χ1) is 7.12. The standard InChI is InChI=1S/C12H13NO2/c1-12(2)8-9-4-3-5-10(11(9)15-12)14-7-6-13/h3-5H,7-8H2,1-2H3. The zero-order valence-electron chi connectivity index (χ0n) is 8.91. The summed E-state index contributed by atoms with van der Waals surface area (Å²) in [4.78, 5) is 0. The summed E-state index contributed by atoms with van der Waals surface area (Å²) in [6.07, 6.45) is 0.881. The molecule has 1 heterocycles. The lowest BCUT2D eigenvalue weighted by Gasteiger charge is -2.17. The summed E-state index contributed by atoms with van der Waals surface area (Å²) < 4.78 is 11.1. The molecule has 0 unspecified atom stereocenters. The molecule has 0 aromatic heterocycles. The Morgan fingerprint density at radius 3 is 3.07 bits per heavy atom. The van der Waals surface area contributed by atoms with Gasteiger partial charge in [-0.25, -0.2) is 0 Å². The fraction of sp³-hybridized carbons (Fsp3) is 0.417. The molecule has 0 atom stereocenters. The zero-order valence-corrected chi connectivity index (χ0v) is 8.91. The number of rotatable bonds is 2. The van der Waals surface area contributed by atoms with Crippen molar-refractivity contribution in [3.05, 3.63) is 23.8 Å². The number of fused-ring (bicyclic) bond motifs is 1. The lowest BCUT2D eigenvalue weighted by molar-refractivity contribution is 0.133. The van der Waals surface area contributed by atoms with Crippen LogP contribution < -0.4 is 9.47 Å². The fourth-order valence-electron chi connectivity index (χ4n) is 1.81. The maximum Gasteiger partial charge on any atom is 0.174 e. The largest absolute Gasteiger partial charge is 0.483 e. The minimum atomic E-state index is -0.172. The smallest absolute Gasteiger partial charge is 0.174 e. The van der Waals surface area contributed by atoms with Crippen molar-refractivity contribution in [1.82, 2.24) is 0 Å². The van der Waals surface area contributed by atoms with Gasteiger partial charge in [0.05, 0.1) is 0 Å². The van der Waals surface area contributed by atoms with E-state index in [1.165, 1.54) is 0 Å². The molecule has 3 heteroatoms. The summed E-state index contributed by atoms with van der Waals surface area (Å²) in [6.45, 7) is 4.14. The highest BCUT2D eigenvalue weighted by atomic mass is 16.5. The molecule has 1 aromatic rings. The van der Waals surface area contributed by atoms with Gasteiger partial charge in [-0.1, -0.05) is 12.1 Å². The van der Waals surface area contributed by atoms with Crippen LogP contribution in [-0.2, 0) is 6.42 Å². The van der Waals surface area contributed by atoms with Gasteiger partial charge in [-0.05, 0) is 19.9 Å². The predicted octanol–water partition coefficient (Wildman–Crippen LogP) is 2.30. The molecule has 3 nitrogen and oxygen atoms in total. The number of nitrogens with zero attached hydrogens (tertiary/aromatic N) is 1. The van der Waals surface area contributed by atoms with Gasteiger partial charge >= 0.3 is 0 Å².